The second-order valence-corrected chi connectivity index (χ2v) is 11.0. The smallest absolute Gasteiger partial charge is 0.262 e. The van der Waals surface area contributed by atoms with Crippen molar-refractivity contribution in [1.29, 1.82) is 0 Å². The van der Waals surface area contributed by atoms with E-state index in [0.717, 1.165) is 0 Å². The Morgan fingerprint density at radius 3 is 2.20 bits per heavy atom. The molecular weight excluding hydrogens is 518 g/mol. The number of methoxy groups -OCH3 is 1. The molecule has 0 aliphatic heterocycles. The summed E-state index contributed by atoms with van der Waals surface area (Å²) in [6.45, 7) is 1.14. The molecule has 0 bridgehead atoms. The van der Waals surface area contributed by atoms with Gasteiger partial charge in [0.25, 0.3) is 15.9 Å². The van der Waals surface area contributed by atoms with E-state index in [0.29, 0.717) is 17.0 Å². The minimum Gasteiger partial charge on any atom is -0.497 e. The maximum Gasteiger partial charge on any atom is 0.262 e. The number of hydrogen-bond acceptors (Lipinski definition) is 7. The second kappa shape index (κ2) is 10.5. The zero-order valence-electron chi connectivity index (χ0n) is 18.6. The molecule has 0 saturated heterocycles. The molecule has 0 spiro atoms. The number of amides is 1. The van der Waals surface area contributed by atoms with Gasteiger partial charge in [0.05, 0.1) is 22.6 Å². The average molecular weight is 540 g/mol. The lowest BCUT2D eigenvalue weighted by Crippen LogP contribution is -2.21. The largest absolute Gasteiger partial charge is 0.497 e. The van der Waals surface area contributed by atoms with Crippen molar-refractivity contribution in [1.82, 2.24) is 0 Å². The van der Waals surface area contributed by atoms with Crippen LogP contribution in [-0.4, -0.2) is 36.5 Å². The summed E-state index contributed by atoms with van der Waals surface area (Å²) in [5, 5.41) is 7.96. The van der Waals surface area contributed by atoms with Gasteiger partial charge in [-0.1, -0.05) is 11.6 Å². The van der Waals surface area contributed by atoms with Crippen LogP contribution >= 0.6 is 11.6 Å². The highest BCUT2D eigenvalue weighted by Crippen LogP contribution is 2.30. The highest BCUT2D eigenvalue weighted by atomic mass is 35.5. The SMILES string of the molecule is COc1ccc(S(=O)(=O)Nc2cc(Cl)ccc2OCC(=O)Nc2ccc(S(N)(=O)=O)cc2C)cc1. The van der Waals surface area contributed by atoms with Gasteiger partial charge < -0.3 is 14.8 Å². The monoisotopic (exact) mass is 539 g/mol. The van der Waals surface area contributed by atoms with Gasteiger partial charge in [-0.3, -0.25) is 9.52 Å². The normalized spacial score (nSPS) is 11.5. The summed E-state index contributed by atoms with van der Waals surface area (Å²) in [6.07, 6.45) is 0. The topological polar surface area (TPSA) is 154 Å². The number of carbonyl (C=O) groups is 1. The molecule has 3 aromatic carbocycles. The molecule has 13 heteroatoms. The van der Waals surface area contributed by atoms with Gasteiger partial charge in [-0.15, -0.1) is 0 Å². The first-order valence-corrected chi connectivity index (χ1v) is 13.3. The molecule has 4 N–H and O–H groups in total. The third kappa shape index (κ3) is 6.85. The number of rotatable bonds is 9. The van der Waals surface area contributed by atoms with Crippen molar-refractivity contribution in [2.24, 2.45) is 5.14 Å². The van der Waals surface area contributed by atoms with Gasteiger partial charge in [0.2, 0.25) is 10.0 Å². The number of primary sulfonamides is 1. The molecule has 0 aliphatic carbocycles. The number of ether oxygens (including phenoxy) is 2. The van der Waals surface area contributed by atoms with Crippen LogP contribution in [0.4, 0.5) is 11.4 Å². The molecule has 3 rings (SSSR count). The van der Waals surface area contributed by atoms with Crippen LogP contribution in [0.25, 0.3) is 0 Å². The van der Waals surface area contributed by atoms with Crippen molar-refractivity contribution in [3.8, 4) is 11.5 Å². The van der Waals surface area contributed by atoms with Gasteiger partial charge in [-0.05, 0) is 73.2 Å². The van der Waals surface area contributed by atoms with Crippen molar-refractivity contribution in [3.63, 3.8) is 0 Å². The Labute approximate surface area is 208 Å². The number of anilines is 2. The van der Waals surface area contributed by atoms with E-state index in [9.17, 15) is 21.6 Å². The first-order valence-electron chi connectivity index (χ1n) is 9.91. The van der Waals surface area contributed by atoms with Crippen molar-refractivity contribution >= 4 is 48.9 Å². The molecule has 0 heterocycles. The Morgan fingerprint density at radius 2 is 1.60 bits per heavy atom. The number of carbonyl (C=O) groups excluding carboxylic acids is 1. The quantitative estimate of drug-likeness (QED) is 0.377. The van der Waals surface area contributed by atoms with Crippen molar-refractivity contribution in [2.75, 3.05) is 23.8 Å². The van der Waals surface area contributed by atoms with Crippen LogP contribution in [0.1, 0.15) is 5.56 Å². The average Bonchev–Trinajstić information content (AvgIpc) is 2.79. The van der Waals surface area contributed by atoms with E-state index in [-0.39, 0.29) is 26.3 Å². The van der Waals surface area contributed by atoms with E-state index in [1.807, 2.05) is 0 Å². The van der Waals surface area contributed by atoms with E-state index in [2.05, 4.69) is 10.0 Å². The number of nitrogens with two attached hydrogens (primary N) is 1. The second-order valence-electron chi connectivity index (χ2n) is 7.28. The highest BCUT2D eigenvalue weighted by Gasteiger charge is 2.18. The standard InChI is InChI=1S/C22H22ClN3O7S2/c1-14-11-18(34(24,28)29)8-9-19(14)25-22(27)13-33-21-10-3-15(23)12-20(21)26-35(30,31)17-6-4-16(32-2)5-7-17/h3-12,26H,13H2,1-2H3,(H,25,27)(H2,24,28,29). The molecule has 0 fully saturated rings. The maximum atomic E-state index is 12.8. The number of aryl methyl sites for hydroxylation is 1. The van der Waals surface area contributed by atoms with Crippen molar-refractivity contribution < 1.29 is 31.1 Å². The Kier molecular flexibility index (Phi) is 7.90. The third-order valence-corrected chi connectivity index (χ3v) is 7.24. The third-order valence-electron chi connectivity index (χ3n) is 4.71. The van der Waals surface area contributed by atoms with Crippen LogP contribution in [0.5, 0.6) is 11.5 Å². The number of benzene rings is 3. The highest BCUT2D eigenvalue weighted by molar-refractivity contribution is 7.92. The van der Waals surface area contributed by atoms with Crippen LogP contribution in [0.3, 0.4) is 0 Å². The molecule has 0 aliphatic rings. The van der Waals surface area contributed by atoms with E-state index in [1.54, 1.807) is 6.92 Å². The summed E-state index contributed by atoms with van der Waals surface area (Å²) < 4.78 is 61.5. The van der Waals surface area contributed by atoms with Gasteiger partial charge in [-0.25, -0.2) is 22.0 Å². The predicted octanol–water partition coefficient (Wildman–Crippen LogP) is 3.12. The molecule has 0 unspecified atom stereocenters. The lowest BCUT2D eigenvalue weighted by Gasteiger charge is -2.15. The molecule has 10 nitrogen and oxygen atoms in total. The van der Waals surface area contributed by atoms with E-state index in [4.69, 9.17) is 26.2 Å². The molecule has 0 radical (unpaired) electrons. The van der Waals surface area contributed by atoms with Crippen LogP contribution in [0.15, 0.2) is 70.5 Å². The lowest BCUT2D eigenvalue weighted by molar-refractivity contribution is -0.118. The van der Waals surface area contributed by atoms with Gasteiger partial charge in [0, 0.05) is 10.7 Å². The van der Waals surface area contributed by atoms with Crippen molar-refractivity contribution in [3.05, 3.63) is 71.2 Å². The molecule has 186 valence electrons. The summed E-state index contributed by atoms with van der Waals surface area (Å²) in [5.41, 5.74) is 0.877. The molecule has 35 heavy (non-hydrogen) atoms. The Bertz CT molecular complexity index is 1460. The molecule has 3 aromatic rings. The molecular formula is C22H22ClN3O7S2. The summed E-state index contributed by atoms with van der Waals surface area (Å²) in [4.78, 5) is 12.3. The first kappa shape index (κ1) is 26.3. The summed E-state index contributed by atoms with van der Waals surface area (Å²) >= 11 is 6.03. The molecule has 0 atom stereocenters. The Morgan fingerprint density at radius 1 is 0.943 bits per heavy atom. The Hall–Kier alpha value is -3.32. The molecule has 0 saturated carbocycles. The van der Waals surface area contributed by atoms with Crippen LogP contribution in [-0.2, 0) is 24.8 Å². The fraction of sp³-hybridized carbons (Fsp3) is 0.136. The van der Waals surface area contributed by atoms with Crippen LogP contribution in [0.2, 0.25) is 5.02 Å². The zero-order chi connectivity index (χ0) is 25.8. The van der Waals surface area contributed by atoms with Gasteiger partial charge in [-0.2, -0.15) is 0 Å². The fourth-order valence-corrected chi connectivity index (χ4v) is 4.78. The van der Waals surface area contributed by atoms with Crippen molar-refractivity contribution in [2.45, 2.75) is 16.7 Å². The number of nitrogens with one attached hydrogen (secondary N) is 2. The summed E-state index contributed by atoms with van der Waals surface area (Å²) in [7, 11) is -6.40. The van der Waals surface area contributed by atoms with Crippen LogP contribution < -0.4 is 24.7 Å². The number of sulfonamides is 2. The lowest BCUT2D eigenvalue weighted by atomic mass is 10.2. The van der Waals surface area contributed by atoms with Gasteiger partial charge in [0.1, 0.15) is 11.5 Å². The fourth-order valence-electron chi connectivity index (χ4n) is 2.95. The minimum absolute atomic E-state index is 0.0135. The molecule has 0 aromatic heterocycles. The minimum atomic E-state index is -3.99. The predicted molar refractivity (Wildman–Crippen MR) is 132 cm³/mol. The van der Waals surface area contributed by atoms with Crippen LogP contribution in [0, 0.1) is 6.92 Å². The number of hydrogen-bond donors (Lipinski definition) is 3. The van der Waals surface area contributed by atoms with E-state index < -0.39 is 32.6 Å². The van der Waals surface area contributed by atoms with Gasteiger partial charge in [0.15, 0.2) is 6.61 Å². The van der Waals surface area contributed by atoms with E-state index >= 15 is 0 Å². The molecule has 1 amide bonds. The van der Waals surface area contributed by atoms with E-state index in [1.165, 1.54) is 67.8 Å². The van der Waals surface area contributed by atoms with Gasteiger partial charge >= 0.3 is 0 Å². The first-order chi connectivity index (χ1) is 16.4. The summed E-state index contributed by atoms with van der Waals surface area (Å²) in [5.74, 6) is 0.00886. The summed E-state index contributed by atoms with van der Waals surface area (Å²) in [6, 6.07) is 14.0. The Balaban J connectivity index is 1.73. The zero-order valence-corrected chi connectivity index (χ0v) is 21.0. The maximum absolute atomic E-state index is 12.8. The number of halogens is 1.